The number of amides is 1. The zero-order valence-electron chi connectivity index (χ0n) is 20.0. The Balaban J connectivity index is 0.00000272. The largest absolute Gasteiger partial charge is 1.00 e. The Morgan fingerprint density at radius 2 is 1.71 bits per heavy atom. The minimum atomic E-state index is -0.199. The molecule has 4 aliphatic rings. The van der Waals surface area contributed by atoms with Gasteiger partial charge in [0.25, 0.3) is 0 Å². The van der Waals surface area contributed by atoms with Crippen LogP contribution in [-0.2, 0) is 4.74 Å². The van der Waals surface area contributed by atoms with E-state index in [4.69, 9.17) is 4.74 Å². The molecule has 31 heavy (non-hydrogen) atoms. The number of hydrogen-bond donors (Lipinski definition) is 0. The van der Waals surface area contributed by atoms with Crippen molar-refractivity contribution in [3.63, 3.8) is 0 Å². The van der Waals surface area contributed by atoms with Crippen LogP contribution in [0.1, 0.15) is 96.8 Å². The topological polar surface area (TPSA) is 32.8 Å². The number of hydrogen-bond acceptors (Lipinski definition) is 3. The van der Waals surface area contributed by atoms with Gasteiger partial charge in [0, 0.05) is 42.4 Å². The minimum Gasteiger partial charge on any atom is -0.441 e. The summed E-state index contributed by atoms with van der Waals surface area (Å²) in [5, 5.41) is 0. The summed E-state index contributed by atoms with van der Waals surface area (Å²) in [6, 6.07) is 0.420. The van der Waals surface area contributed by atoms with E-state index in [1.807, 2.05) is 0 Å². The molecule has 0 radical (unpaired) electrons. The molecule has 4 rings (SSSR count). The van der Waals surface area contributed by atoms with Crippen LogP contribution in [0.3, 0.4) is 0 Å². The Labute approximate surface area is 253 Å². The third-order valence-corrected chi connectivity index (χ3v) is 9.54. The maximum absolute atomic E-state index is 12.7. The van der Waals surface area contributed by atoms with E-state index in [1.165, 1.54) is 70.8 Å². The fourth-order valence-electron chi connectivity index (χ4n) is 6.16. The van der Waals surface area contributed by atoms with Gasteiger partial charge in [0.2, 0.25) is 0 Å². The normalized spacial score (nSPS) is 33.7. The van der Waals surface area contributed by atoms with Crippen LogP contribution in [0.25, 0.3) is 0 Å². The van der Waals surface area contributed by atoms with Crippen molar-refractivity contribution in [2.24, 2.45) is 5.92 Å². The van der Waals surface area contributed by atoms with Crippen molar-refractivity contribution in [3.05, 3.63) is 5.92 Å². The molecular formula is C25H42IN2O2Rb. The zero-order valence-corrected chi connectivity index (χ0v) is 27.1. The zero-order chi connectivity index (χ0) is 21.0. The second-order valence-electron chi connectivity index (χ2n) is 10.7. The molecule has 2 heterocycles. The smallest absolute Gasteiger partial charge is 0.441 e. The first-order valence-electron chi connectivity index (χ1n) is 12.7. The van der Waals surface area contributed by atoms with Crippen molar-refractivity contribution in [1.29, 1.82) is 0 Å². The van der Waals surface area contributed by atoms with Crippen molar-refractivity contribution >= 4 is 28.7 Å². The van der Waals surface area contributed by atoms with Gasteiger partial charge in [-0.25, -0.2) is 4.79 Å². The van der Waals surface area contributed by atoms with Crippen LogP contribution in [0.2, 0.25) is 0 Å². The molecule has 4 fully saturated rings. The van der Waals surface area contributed by atoms with Gasteiger partial charge >= 0.3 is 64.3 Å². The molecule has 0 N–H and O–H groups in total. The first-order valence-corrected chi connectivity index (χ1v) is 13.9. The first-order chi connectivity index (χ1) is 14.5. The fraction of sp³-hybridized carbons (Fsp3) is 0.920. The van der Waals surface area contributed by atoms with Gasteiger partial charge in [-0.1, -0.05) is 54.7 Å². The van der Waals surface area contributed by atoms with Gasteiger partial charge in [-0.15, -0.1) is 0 Å². The molecule has 0 aromatic rings. The van der Waals surface area contributed by atoms with E-state index in [0.717, 1.165) is 55.2 Å². The summed E-state index contributed by atoms with van der Waals surface area (Å²) in [7, 11) is 0. The molecule has 1 spiro atoms. The van der Waals surface area contributed by atoms with Gasteiger partial charge in [0.15, 0.2) is 0 Å². The molecule has 2 aliphatic carbocycles. The number of piperidine rings is 1. The van der Waals surface area contributed by atoms with Crippen molar-refractivity contribution in [2.75, 3.05) is 26.2 Å². The number of nitrogens with zero attached hydrogens (tertiary/aromatic N) is 2. The average molecular weight is 615 g/mol. The molecule has 4 nitrogen and oxygen atoms in total. The Bertz CT molecular complexity index is 562. The molecule has 2 saturated heterocycles. The van der Waals surface area contributed by atoms with Crippen molar-refractivity contribution < 1.29 is 67.7 Å². The molecule has 0 aromatic heterocycles. The molecule has 0 aromatic carbocycles. The van der Waals surface area contributed by atoms with Gasteiger partial charge in [-0.2, -0.15) is 19.8 Å². The van der Waals surface area contributed by atoms with Crippen LogP contribution in [0.5, 0.6) is 0 Å². The number of carbonyl (C=O) groups excluding carboxylic acids is 1. The van der Waals surface area contributed by atoms with E-state index in [9.17, 15) is 4.79 Å². The predicted molar refractivity (Wildman–Crippen MR) is 131 cm³/mol. The second-order valence-corrected chi connectivity index (χ2v) is 12.5. The van der Waals surface area contributed by atoms with Crippen LogP contribution in [0.4, 0.5) is 4.79 Å². The third kappa shape index (κ3) is 7.88. The summed E-state index contributed by atoms with van der Waals surface area (Å²) in [6.45, 7) is 6.66. The van der Waals surface area contributed by atoms with Crippen LogP contribution in [0, 0.1) is 11.8 Å². The van der Waals surface area contributed by atoms with Crippen LogP contribution in [0.15, 0.2) is 0 Å². The first kappa shape index (κ1) is 27.4. The van der Waals surface area contributed by atoms with Crippen LogP contribution >= 0.6 is 22.6 Å². The molecule has 1 unspecified atom stereocenters. The summed E-state index contributed by atoms with van der Waals surface area (Å²) >= 11 is 2.56. The summed E-state index contributed by atoms with van der Waals surface area (Å²) in [5.74, 6) is 2.56. The Morgan fingerprint density at radius 3 is 2.45 bits per heavy atom. The van der Waals surface area contributed by atoms with Gasteiger partial charge < -0.3 is 20.5 Å². The molecule has 1 amide bonds. The average Bonchev–Trinajstić information content (AvgIpc) is 3.06. The second kappa shape index (κ2) is 13.2. The van der Waals surface area contributed by atoms with Gasteiger partial charge in [-0.05, 0) is 38.0 Å². The van der Waals surface area contributed by atoms with E-state index in [0.29, 0.717) is 6.04 Å². The SMILES string of the molecule is C[C-]1CCCCCCC(CN2CCC3(CC2)CN(C2CCC(I)CC2)C(=O)O3)CC1.[Rb+]. The molecule has 1 atom stereocenters. The van der Waals surface area contributed by atoms with E-state index in [2.05, 4.69) is 39.3 Å². The maximum atomic E-state index is 12.7. The van der Waals surface area contributed by atoms with E-state index in [-0.39, 0.29) is 69.9 Å². The minimum absolute atomic E-state index is 0. The molecule has 6 heteroatoms. The Morgan fingerprint density at radius 1 is 1.00 bits per heavy atom. The third-order valence-electron chi connectivity index (χ3n) is 8.29. The van der Waals surface area contributed by atoms with Crippen molar-refractivity contribution in [1.82, 2.24) is 9.80 Å². The number of ether oxygens (including phenoxy) is 1. The number of likely N-dealkylation sites (tertiary alicyclic amines) is 1. The summed E-state index contributed by atoms with van der Waals surface area (Å²) in [4.78, 5) is 17.4. The number of halogens is 1. The molecule has 172 valence electrons. The summed E-state index contributed by atoms with van der Waals surface area (Å²) in [5.41, 5.74) is -0.199. The van der Waals surface area contributed by atoms with E-state index >= 15 is 0 Å². The summed E-state index contributed by atoms with van der Waals surface area (Å²) < 4.78 is 6.85. The Kier molecular flexibility index (Phi) is 11.6. The van der Waals surface area contributed by atoms with Gasteiger partial charge in [0.1, 0.15) is 5.60 Å². The van der Waals surface area contributed by atoms with Crippen LogP contribution in [-0.4, -0.2) is 57.6 Å². The van der Waals surface area contributed by atoms with Gasteiger partial charge in [-0.3, -0.25) is 0 Å². The molecular weight excluding hydrogens is 573 g/mol. The van der Waals surface area contributed by atoms with E-state index in [1.54, 1.807) is 5.92 Å². The molecule has 0 bridgehead atoms. The Hall–Kier alpha value is 1.77. The van der Waals surface area contributed by atoms with Gasteiger partial charge in [0.05, 0.1) is 6.54 Å². The molecule has 2 saturated carbocycles. The summed E-state index contributed by atoms with van der Waals surface area (Å²) in [6.07, 6.45) is 17.9. The predicted octanol–water partition coefficient (Wildman–Crippen LogP) is 3.37. The number of rotatable bonds is 3. The monoisotopic (exact) mass is 614 g/mol. The number of carbonyl (C=O) groups is 1. The fourth-order valence-corrected chi connectivity index (χ4v) is 6.88. The standard InChI is InChI=1S/C25H42IN2O2.Rb/c1-20-6-4-2-3-5-7-21(9-8-20)18-27-16-14-25(15-17-27)19-28(24(29)30-25)23-12-10-22(26)11-13-23;/h21-23H,2-19H2,1H3;/q-1;+1. The molecule has 2 aliphatic heterocycles. The maximum Gasteiger partial charge on any atom is 1.00 e. The van der Waals surface area contributed by atoms with Crippen molar-refractivity contribution in [2.45, 2.75) is 112 Å². The van der Waals surface area contributed by atoms with Crippen molar-refractivity contribution in [3.8, 4) is 0 Å². The number of alkyl halides is 1. The van der Waals surface area contributed by atoms with Crippen LogP contribution < -0.4 is 58.2 Å². The quantitative estimate of drug-likeness (QED) is 0.278. The van der Waals surface area contributed by atoms with E-state index < -0.39 is 0 Å².